The van der Waals surface area contributed by atoms with E-state index in [1.54, 1.807) is 11.3 Å². The predicted octanol–water partition coefficient (Wildman–Crippen LogP) is 2.89. The van der Waals surface area contributed by atoms with Gasteiger partial charge in [-0.2, -0.15) is 0 Å². The first-order valence-electron chi connectivity index (χ1n) is 6.10. The Hall–Kier alpha value is -1.68. The quantitative estimate of drug-likeness (QED) is 0.820. The SMILES string of the molecule is NCC#Cc1cc(F)ccc1C(=O)NCc1sccc1Br. The molecule has 6 heteroatoms. The molecule has 0 atom stereocenters. The minimum atomic E-state index is -0.436. The van der Waals surface area contributed by atoms with Crippen molar-refractivity contribution in [3.05, 3.63) is 55.9 Å². The zero-order valence-electron chi connectivity index (χ0n) is 11.0. The summed E-state index contributed by atoms with van der Waals surface area (Å²) >= 11 is 4.95. The molecule has 0 aliphatic heterocycles. The van der Waals surface area contributed by atoms with E-state index in [0.717, 1.165) is 9.35 Å². The van der Waals surface area contributed by atoms with Gasteiger partial charge in [0.15, 0.2) is 0 Å². The lowest BCUT2D eigenvalue weighted by atomic mass is 10.1. The molecule has 2 aromatic rings. The smallest absolute Gasteiger partial charge is 0.252 e. The van der Waals surface area contributed by atoms with Gasteiger partial charge < -0.3 is 11.1 Å². The molecular weight excluding hydrogens is 355 g/mol. The Morgan fingerprint density at radius 3 is 2.90 bits per heavy atom. The van der Waals surface area contributed by atoms with E-state index >= 15 is 0 Å². The number of nitrogens with two attached hydrogens (primary N) is 1. The number of nitrogens with one attached hydrogen (secondary N) is 1. The van der Waals surface area contributed by atoms with Crippen molar-refractivity contribution in [1.29, 1.82) is 0 Å². The number of halogens is 2. The van der Waals surface area contributed by atoms with Crippen LogP contribution >= 0.6 is 27.3 Å². The van der Waals surface area contributed by atoms with E-state index < -0.39 is 5.82 Å². The summed E-state index contributed by atoms with van der Waals surface area (Å²) in [5, 5.41) is 4.73. The molecule has 0 bridgehead atoms. The topological polar surface area (TPSA) is 55.1 Å². The van der Waals surface area contributed by atoms with Crippen molar-refractivity contribution >= 4 is 33.2 Å². The van der Waals surface area contributed by atoms with Crippen molar-refractivity contribution in [3.63, 3.8) is 0 Å². The molecule has 1 amide bonds. The van der Waals surface area contributed by atoms with E-state index in [2.05, 4.69) is 33.1 Å². The summed E-state index contributed by atoms with van der Waals surface area (Å²) in [4.78, 5) is 13.2. The molecule has 0 radical (unpaired) electrons. The Morgan fingerprint density at radius 2 is 2.24 bits per heavy atom. The fraction of sp³-hybridized carbons (Fsp3) is 0.133. The van der Waals surface area contributed by atoms with Gasteiger partial charge in [0.25, 0.3) is 5.91 Å². The zero-order chi connectivity index (χ0) is 15.2. The normalized spacial score (nSPS) is 9.86. The largest absolute Gasteiger partial charge is 0.347 e. The first-order valence-corrected chi connectivity index (χ1v) is 7.77. The molecule has 0 saturated carbocycles. The number of benzene rings is 1. The number of rotatable bonds is 3. The van der Waals surface area contributed by atoms with Crippen LogP contribution in [0.1, 0.15) is 20.8 Å². The maximum Gasteiger partial charge on any atom is 0.252 e. The molecule has 1 aromatic heterocycles. The van der Waals surface area contributed by atoms with Crippen molar-refractivity contribution in [3.8, 4) is 11.8 Å². The van der Waals surface area contributed by atoms with Crippen LogP contribution in [0.5, 0.6) is 0 Å². The minimum Gasteiger partial charge on any atom is -0.347 e. The van der Waals surface area contributed by atoms with Crippen LogP contribution in [-0.4, -0.2) is 12.5 Å². The summed E-state index contributed by atoms with van der Waals surface area (Å²) in [6, 6.07) is 5.82. The molecule has 0 unspecified atom stereocenters. The summed E-state index contributed by atoms with van der Waals surface area (Å²) in [7, 11) is 0. The van der Waals surface area contributed by atoms with Crippen LogP contribution in [0.25, 0.3) is 0 Å². The van der Waals surface area contributed by atoms with Crippen LogP contribution in [0.4, 0.5) is 4.39 Å². The molecule has 0 fully saturated rings. The third kappa shape index (κ3) is 4.14. The molecule has 3 N–H and O–H groups in total. The summed E-state index contributed by atoms with van der Waals surface area (Å²) in [5.74, 6) is 4.62. The van der Waals surface area contributed by atoms with Gasteiger partial charge in [0.05, 0.1) is 18.7 Å². The van der Waals surface area contributed by atoms with Crippen LogP contribution in [0.15, 0.2) is 34.1 Å². The summed E-state index contributed by atoms with van der Waals surface area (Å²) in [6.07, 6.45) is 0. The number of carbonyl (C=O) groups is 1. The highest BCUT2D eigenvalue weighted by atomic mass is 79.9. The second-order valence-electron chi connectivity index (χ2n) is 4.07. The van der Waals surface area contributed by atoms with Crippen molar-refractivity contribution in [1.82, 2.24) is 5.32 Å². The van der Waals surface area contributed by atoms with Gasteiger partial charge in [0.2, 0.25) is 0 Å². The maximum atomic E-state index is 13.3. The van der Waals surface area contributed by atoms with Gasteiger partial charge in [-0.25, -0.2) is 4.39 Å². The fourth-order valence-corrected chi connectivity index (χ4v) is 3.10. The molecule has 21 heavy (non-hydrogen) atoms. The van der Waals surface area contributed by atoms with E-state index in [1.165, 1.54) is 18.2 Å². The maximum absolute atomic E-state index is 13.3. The highest BCUT2D eigenvalue weighted by Crippen LogP contribution is 2.22. The molecule has 0 spiro atoms. The highest BCUT2D eigenvalue weighted by molar-refractivity contribution is 9.10. The average molecular weight is 367 g/mol. The van der Waals surface area contributed by atoms with Crippen LogP contribution in [-0.2, 0) is 6.54 Å². The Labute approximate surface area is 134 Å². The Morgan fingerprint density at radius 1 is 1.43 bits per heavy atom. The van der Waals surface area contributed by atoms with Crippen molar-refractivity contribution in [2.45, 2.75) is 6.54 Å². The predicted molar refractivity (Wildman–Crippen MR) is 85.5 cm³/mol. The Balaban J connectivity index is 2.17. The molecule has 0 aliphatic carbocycles. The van der Waals surface area contributed by atoms with Gasteiger partial charge in [-0.1, -0.05) is 11.8 Å². The lowest BCUT2D eigenvalue weighted by Gasteiger charge is -2.07. The van der Waals surface area contributed by atoms with Crippen LogP contribution in [0, 0.1) is 17.7 Å². The van der Waals surface area contributed by atoms with Crippen LogP contribution in [0.3, 0.4) is 0 Å². The third-order valence-corrected chi connectivity index (χ3v) is 4.58. The summed E-state index contributed by atoms with van der Waals surface area (Å²) in [5.41, 5.74) is 5.98. The second-order valence-corrected chi connectivity index (χ2v) is 5.93. The van der Waals surface area contributed by atoms with E-state index in [0.29, 0.717) is 17.7 Å². The molecule has 0 saturated heterocycles. The first kappa shape index (κ1) is 15.7. The summed E-state index contributed by atoms with van der Waals surface area (Å²) < 4.78 is 14.2. The molecule has 1 heterocycles. The van der Waals surface area contributed by atoms with E-state index in [-0.39, 0.29) is 12.5 Å². The van der Waals surface area contributed by atoms with Crippen molar-refractivity contribution < 1.29 is 9.18 Å². The van der Waals surface area contributed by atoms with E-state index in [1.807, 2.05) is 11.4 Å². The molecule has 108 valence electrons. The van der Waals surface area contributed by atoms with Gasteiger partial charge in [0.1, 0.15) is 5.82 Å². The van der Waals surface area contributed by atoms with Crippen LogP contribution in [0.2, 0.25) is 0 Å². The fourth-order valence-electron chi connectivity index (χ4n) is 1.67. The molecule has 1 aromatic carbocycles. The molecule has 3 nitrogen and oxygen atoms in total. The standard InChI is InChI=1S/C15H12BrFN2OS/c16-13-5-7-21-14(13)9-19-15(20)12-4-3-11(17)8-10(12)2-1-6-18/h3-5,7-8H,6,9,18H2,(H,19,20). The number of amides is 1. The number of hydrogen-bond donors (Lipinski definition) is 2. The summed E-state index contributed by atoms with van der Waals surface area (Å²) in [6.45, 7) is 0.554. The number of thiophene rings is 1. The first-order chi connectivity index (χ1) is 10.1. The zero-order valence-corrected chi connectivity index (χ0v) is 13.4. The lowest BCUT2D eigenvalue weighted by Crippen LogP contribution is -2.23. The van der Waals surface area contributed by atoms with Crippen LogP contribution < -0.4 is 11.1 Å². The Kier molecular flexibility index (Phi) is 5.51. The molecule has 2 rings (SSSR count). The van der Waals surface area contributed by atoms with Crippen molar-refractivity contribution in [2.75, 3.05) is 6.54 Å². The Bertz CT molecular complexity index is 718. The lowest BCUT2D eigenvalue weighted by molar-refractivity contribution is 0.0951. The van der Waals surface area contributed by atoms with Gasteiger partial charge in [-0.3, -0.25) is 4.79 Å². The highest BCUT2D eigenvalue weighted by Gasteiger charge is 2.12. The minimum absolute atomic E-state index is 0.152. The molecular formula is C15H12BrFN2OS. The monoisotopic (exact) mass is 366 g/mol. The second kappa shape index (κ2) is 7.36. The third-order valence-electron chi connectivity index (χ3n) is 2.65. The van der Waals surface area contributed by atoms with Gasteiger partial charge in [-0.15, -0.1) is 11.3 Å². The van der Waals surface area contributed by atoms with Gasteiger partial charge in [0, 0.05) is 14.9 Å². The van der Waals surface area contributed by atoms with Gasteiger partial charge >= 0.3 is 0 Å². The van der Waals surface area contributed by atoms with Crippen molar-refractivity contribution in [2.24, 2.45) is 5.73 Å². The van der Waals surface area contributed by atoms with E-state index in [9.17, 15) is 9.18 Å². The number of hydrogen-bond acceptors (Lipinski definition) is 3. The number of carbonyl (C=O) groups excluding carboxylic acids is 1. The average Bonchev–Trinajstić information content (AvgIpc) is 2.88. The van der Waals surface area contributed by atoms with E-state index in [4.69, 9.17) is 5.73 Å². The van der Waals surface area contributed by atoms with Gasteiger partial charge in [-0.05, 0) is 45.6 Å². The molecule has 0 aliphatic rings.